The quantitative estimate of drug-likeness (QED) is 0.669. The Bertz CT molecular complexity index is 815. The molecule has 1 amide bonds. The van der Waals surface area contributed by atoms with Crippen molar-refractivity contribution in [3.63, 3.8) is 0 Å². The highest BCUT2D eigenvalue weighted by atomic mass is 32.1. The van der Waals surface area contributed by atoms with E-state index in [1.807, 2.05) is 42.7 Å². The van der Waals surface area contributed by atoms with Gasteiger partial charge in [0.25, 0.3) is 0 Å². The predicted molar refractivity (Wildman–Crippen MR) is 117 cm³/mol. The van der Waals surface area contributed by atoms with Crippen molar-refractivity contribution >= 4 is 34.2 Å². The van der Waals surface area contributed by atoms with Crippen LogP contribution in [-0.2, 0) is 9.53 Å². The number of thiazole rings is 1. The summed E-state index contributed by atoms with van der Waals surface area (Å²) in [6.45, 7) is 7.83. The van der Waals surface area contributed by atoms with Crippen LogP contribution >= 0.6 is 11.3 Å². The number of allylic oxidation sites excluding steroid dienone is 1. The van der Waals surface area contributed by atoms with Gasteiger partial charge in [-0.15, -0.1) is 11.3 Å². The molecule has 0 fully saturated rings. The topological polar surface area (TPSA) is 94.3 Å². The monoisotopic (exact) mass is 403 g/mol. The maximum absolute atomic E-state index is 11.9. The third kappa shape index (κ3) is 6.99. The first-order chi connectivity index (χ1) is 13.4. The number of benzene rings is 1. The zero-order valence-electron chi connectivity index (χ0n) is 17.1. The van der Waals surface area contributed by atoms with Crippen molar-refractivity contribution < 1.29 is 14.3 Å². The minimum absolute atomic E-state index is 0.00996. The molecule has 0 aliphatic rings. The number of nitrogens with one attached hydrogen (secondary N) is 1. The van der Waals surface area contributed by atoms with E-state index in [-0.39, 0.29) is 18.3 Å². The minimum Gasteiger partial charge on any atom is -0.383 e. The lowest BCUT2D eigenvalue weighted by molar-refractivity contribution is -0.118. The molecule has 1 aromatic heterocycles. The number of Topliss-reactive ketones (excluding diaryl/α,β-unsaturated/α-hetero) is 1. The molecule has 1 aromatic carbocycles. The van der Waals surface area contributed by atoms with Crippen molar-refractivity contribution in [2.24, 2.45) is 5.73 Å². The third-order valence-electron chi connectivity index (χ3n) is 3.49. The Hall–Kier alpha value is -2.35. The van der Waals surface area contributed by atoms with E-state index in [0.29, 0.717) is 16.4 Å². The Morgan fingerprint density at radius 3 is 2.61 bits per heavy atom. The maximum Gasteiger partial charge on any atom is 0.245 e. The van der Waals surface area contributed by atoms with Crippen molar-refractivity contribution in [1.29, 1.82) is 0 Å². The summed E-state index contributed by atoms with van der Waals surface area (Å²) < 4.78 is 4.86. The number of hydrogen-bond acceptors (Lipinski definition) is 6. The number of hydrogen-bond donors (Lipinski definition) is 2. The van der Waals surface area contributed by atoms with Crippen LogP contribution in [0.3, 0.4) is 0 Å². The highest BCUT2D eigenvalue weighted by Gasteiger charge is 2.16. The standard InChI is InChI=1S/C18H21N3O3S.C3H8/c1-4-5-12-6-7-13(8-14(12)11(2)22)16-10-25-18(20-16)21-17(23)15(19)9-24-3;1-3-2/h4-8,10,15H,9,19H2,1-3H3,(H,20,21,23);3H2,1-2H3/b5-4-;. The molecule has 2 aromatic rings. The van der Waals surface area contributed by atoms with Gasteiger partial charge in [0.15, 0.2) is 10.9 Å². The Morgan fingerprint density at radius 2 is 2.04 bits per heavy atom. The Kier molecular flexibility index (Phi) is 10.3. The van der Waals surface area contributed by atoms with Crippen LogP contribution in [0, 0.1) is 0 Å². The van der Waals surface area contributed by atoms with E-state index >= 15 is 0 Å². The summed E-state index contributed by atoms with van der Waals surface area (Å²) in [7, 11) is 1.48. The normalized spacial score (nSPS) is 11.6. The molecular formula is C21H29N3O3S. The Balaban J connectivity index is 0.00000122. The maximum atomic E-state index is 11.9. The van der Waals surface area contributed by atoms with E-state index in [2.05, 4.69) is 24.1 Å². The molecule has 1 heterocycles. The van der Waals surface area contributed by atoms with Gasteiger partial charge in [0.2, 0.25) is 5.91 Å². The van der Waals surface area contributed by atoms with Crippen molar-refractivity contribution in [3.8, 4) is 11.3 Å². The average molecular weight is 404 g/mol. The molecule has 1 atom stereocenters. The molecule has 0 bridgehead atoms. The Morgan fingerprint density at radius 1 is 1.36 bits per heavy atom. The number of nitrogens with zero attached hydrogens (tertiary/aromatic N) is 1. The van der Waals surface area contributed by atoms with Crippen molar-refractivity contribution in [1.82, 2.24) is 4.98 Å². The lowest BCUT2D eigenvalue weighted by Gasteiger charge is -2.09. The molecule has 2 rings (SSSR count). The van der Waals surface area contributed by atoms with Crippen LogP contribution in [0.4, 0.5) is 5.13 Å². The number of ketones is 1. The van der Waals surface area contributed by atoms with Crippen LogP contribution in [0.5, 0.6) is 0 Å². The predicted octanol–water partition coefficient (Wildman–Crippen LogP) is 4.37. The highest BCUT2D eigenvalue weighted by Crippen LogP contribution is 2.27. The Labute approximate surface area is 170 Å². The largest absolute Gasteiger partial charge is 0.383 e. The van der Waals surface area contributed by atoms with Crippen molar-refractivity contribution in [2.75, 3.05) is 19.0 Å². The van der Waals surface area contributed by atoms with Gasteiger partial charge < -0.3 is 15.8 Å². The SMILES string of the molecule is C/C=C\c1ccc(-c2csc(NC(=O)C(N)COC)n2)cc1C(C)=O.CCC. The summed E-state index contributed by atoms with van der Waals surface area (Å²) in [5, 5.41) is 4.95. The second-order valence-corrected chi connectivity index (χ2v) is 7.01. The van der Waals surface area contributed by atoms with Crippen LogP contribution in [0.25, 0.3) is 17.3 Å². The summed E-state index contributed by atoms with van der Waals surface area (Å²) >= 11 is 1.30. The van der Waals surface area contributed by atoms with Gasteiger partial charge in [0.1, 0.15) is 6.04 Å². The van der Waals surface area contributed by atoms with Crippen molar-refractivity contribution in [2.45, 2.75) is 40.2 Å². The second kappa shape index (κ2) is 12.2. The molecule has 6 nitrogen and oxygen atoms in total. The number of methoxy groups -OCH3 is 1. The van der Waals surface area contributed by atoms with Gasteiger partial charge in [-0.2, -0.15) is 0 Å². The number of carbonyl (C=O) groups is 2. The third-order valence-corrected chi connectivity index (χ3v) is 4.25. The first kappa shape index (κ1) is 23.7. The number of amides is 1. The molecule has 0 saturated carbocycles. The zero-order chi connectivity index (χ0) is 21.1. The number of carbonyl (C=O) groups excluding carboxylic acids is 2. The first-order valence-corrected chi connectivity index (χ1v) is 10.0. The lowest BCUT2D eigenvalue weighted by atomic mass is 9.99. The van der Waals surface area contributed by atoms with E-state index in [4.69, 9.17) is 10.5 Å². The highest BCUT2D eigenvalue weighted by molar-refractivity contribution is 7.14. The first-order valence-electron chi connectivity index (χ1n) is 9.16. The van der Waals surface area contributed by atoms with Gasteiger partial charge in [-0.3, -0.25) is 9.59 Å². The van der Waals surface area contributed by atoms with E-state index in [0.717, 1.165) is 11.1 Å². The summed E-state index contributed by atoms with van der Waals surface area (Å²) in [6.07, 6.45) is 5.03. The molecule has 0 radical (unpaired) electrons. The molecule has 0 aliphatic heterocycles. The number of ether oxygens (including phenoxy) is 1. The fourth-order valence-corrected chi connectivity index (χ4v) is 2.99. The van der Waals surface area contributed by atoms with Gasteiger partial charge in [-0.1, -0.05) is 44.6 Å². The summed E-state index contributed by atoms with van der Waals surface area (Å²) in [5.74, 6) is -0.361. The summed E-state index contributed by atoms with van der Waals surface area (Å²) in [6, 6.07) is 4.86. The number of nitrogens with two attached hydrogens (primary N) is 1. The zero-order valence-corrected chi connectivity index (χ0v) is 17.9. The molecule has 0 saturated heterocycles. The van der Waals surface area contributed by atoms with Crippen LogP contribution in [0.1, 0.15) is 50.0 Å². The smallest absolute Gasteiger partial charge is 0.245 e. The van der Waals surface area contributed by atoms with E-state index in [9.17, 15) is 9.59 Å². The molecule has 3 N–H and O–H groups in total. The van der Waals surface area contributed by atoms with Crippen LogP contribution in [0.2, 0.25) is 0 Å². The minimum atomic E-state index is -0.748. The molecule has 152 valence electrons. The van der Waals surface area contributed by atoms with Crippen LogP contribution in [0.15, 0.2) is 29.7 Å². The van der Waals surface area contributed by atoms with E-state index < -0.39 is 6.04 Å². The second-order valence-electron chi connectivity index (χ2n) is 6.15. The van der Waals surface area contributed by atoms with Crippen LogP contribution < -0.4 is 11.1 Å². The number of anilines is 1. The van der Waals surface area contributed by atoms with Gasteiger partial charge in [0.05, 0.1) is 12.3 Å². The van der Waals surface area contributed by atoms with Gasteiger partial charge in [-0.25, -0.2) is 4.98 Å². The fraction of sp³-hybridized carbons (Fsp3) is 0.381. The number of aromatic nitrogens is 1. The molecule has 28 heavy (non-hydrogen) atoms. The van der Waals surface area contributed by atoms with Gasteiger partial charge in [0, 0.05) is 23.6 Å². The molecular weight excluding hydrogens is 374 g/mol. The summed E-state index contributed by atoms with van der Waals surface area (Å²) in [4.78, 5) is 28.2. The molecule has 0 spiro atoms. The van der Waals surface area contributed by atoms with Gasteiger partial charge >= 0.3 is 0 Å². The van der Waals surface area contributed by atoms with Crippen molar-refractivity contribution in [3.05, 3.63) is 40.8 Å². The molecule has 0 aliphatic carbocycles. The molecule has 7 heteroatoms. The van der Waals surface area contributed by atoms with Crippen LogP contribution in [-0.4, -0.2) is 36.4 Å². The van der Waals surface area contributed by atoms with E-state index in [1.54, 1.807) is 0 Å². The fourth-order valence-electron chi connectivity index (χ4n) is 2.26. The molecule has 1 unspecified atom stereocenters. The summed E-state index contributed by atoms with van der Waals surface area (Å²) in [5.41, 5.74) is 8.70. The number of rotatable bonds is 7. The average Bonchev–Trinajstić information content (AvgIpc) is 3.11. The lowest BCUT2D eigenvalue weighted by Crippen LogP contribution is -2.39. The van der Waals surface area contributed by atoms with Gasteiger partial charge in [-0.05, 0) is 25.5 Å². The van der Waals surface area contributed by atoms with E-state index in [1.165, 1.54) is 31.8 Å².